The van der Waals surface area contributed by atoms with E-state index < -0.39 is 0 Å². The van der Waals surface area contributed by atoms with Gasteiger partial charge in [0.25, 0.3) is 0 Å². The first-order chi connectivity index (χ1) is 8.29. The van der Waals surface area contributed by atoms with Gasteiger partial charge in [-0.2, -0.15) is 0 Å². The van der Waals surface area contributed by atoms with Gasteiger partial charge in [0.15, 0.2) is 0 Å². The van der Waals surface area contributed by atoms with Crippen LogP contribution < -0.4 is 11.1 Å². The van der Waals surface area contributed by atoms with Gasteiger partial charge in [0.1, 0.15) is 5.82 Å². The van der Waals surface area contributed by atoms with Crippen molar-refractivity contribution in [1.29, 1.82) is 0 Å². The highest BCUT2D eigenvalue weighted by Gasteiger charge is 1.98. The zero-order valence-corrected chi connectivity index (χ0v) is 9.98. The Bertz CT molecular complexity index is 460. The van der Waals surface area contributed by atoms with Crippen molar-refractivity contribution >= 4 is 11.5 Å². The molecule has 0 unspecified atom stereocenters. The summed E-state index contributed by atoms with van der Waals surface area (Å²) >= 11 is 0. The van der Waals surface area contributed by atoms with Crippen LogP contribution >= 0.6 is 0 Å². The van der Waals surface area contributed by atoms with Crippen molar-refractivity contribution in [2.24, 2.45) is 0 Å². The van der Waals surface area contributed by atoms with Crippen molar-refractivity contribution < 1.29 is 0 Å². The van der Waals surface area contributed by atoms with E-state index in [0.29, 0.717) is 0 Å². The van der Waals surface area contributed by atoms with Crippen molar-refractivity contribution in [2.45, 2.75) is 13.3 Å². The van der Waals surface area contributed by atoms with E-state index in [1.807, 2.05) is 36.5 Å². The molecule has 0 bridgehead atoms. The molecule has 1 heterocycles. The van der Waals surface area contributed by atoms with Crippen molar-refractivity contribution in [1.82, 2.24) is 4.98 Å². The number of benzene rings is 1. The highest BCUT2D eigenvalue weighted by atomic mass is 15.0. The first-order valence-electron chi connectivity index (χ1n) is 5.85. The normalized spacial score (nSPS) is 10.2. The molecule has 0 saturated carbocycles. The summed E-state index contributed by atoms with van der Waals surface area (Å²) in [5, 5.41) is 3.25. The summed E-state index contributed by atoms with van der Waals surface area (Å²) in [6, 6.07) is 11.9. The second kappa shape index (κ2) is 5.34. The van der Waals surface area contributed by atoms with E-state index >= 15 is 0 Å². The lowest BCUT2D eigenvalue weighted by Crippen LogP contribution is -2.01. The number of nitrogens with zero attached hydrogens (tertiary/aromatic N) is 1. The highest BCUT2D eigenvalue weighted by molar-refractivity contribution is 5.65. The highest BCUT2D eigenvalue weighted by Crippen LogP contribution is 2.20. The standard InChI is InChI=1S/C14H17N3/c1-2-9-16-14-8-5-12(10-17-14)11-3-6-13(15)7-4-11/h3-8,10H,2,9,15H2,1H3,(H,16,17). The number of hydrogen-bond donors (Lipinski definition) is 2. The molecular formula is C14H17N3. The zero-order valence-electron chi connectivity index (χ0n) is 9.98. The van der Waals surface area contributed by atoms with Gasteiger partial charge < -0.3 is 11.1 Å². The van der Waals surface area contributed by atoms with Gasteiger partial charge in [-0.1, -0.05) is 19.1 Å². The maximum absolute atomic E-state index is 5.66. The fourth-order valence-electron chi connectivity index (χ4n) is 1.60. The van der Waals surface area contributed by atoms with Gasteiger partial charge in [0, 0.05) is 24.0 Å². The third-order valence-electron chi connectivity index (χ3n) is 2.56. The van der Waals surface area contributed by atoms with E-state index in [0.717, 1.165) is 35.6 Å². The average Bonchev–Trinajstić information content (AvgIpc) is 2.38. The summed E-state index contributed by atoms with van der Waals surface area (Å²) in [6.07, 6.45) is 2.98. The van der Waals surface area contributed by atoms with Crippen LogP contribution in [-0.2, 0) is 0 Å². The van der Waals surface area contributed by atoms with E-state index in [4.69, 9.17) is 5.73 Å². The number of nitrogens with one attached hydrogen (secondary N) is 1. The number of hydrogen-bond acceptors (Lipinski definition) is 3. The van der Waals surface area contributed by atoms with E-state index in [1.165, 1.54) is 0 Å². The smallest absolute Gasteiger partial charge is 0.125 e. The molecule has 0 spiro atoms. The zero-order chi connectivity index (χ0) is 12.1. The second-order valence-electron chi connectivity index (χ2n) is 3.98. The number of anilines is 2. The van der Waals surface area contributed by atoms with Gasteiger partial charge in [-0.15, -0.1) is 0 Å². The van der Waals surface area contributed by atoms with Crippen LogP contribution in [0.4, 0.5) is 11.5 Å². The Balaban J connectivity index is 2.14. The molecular weight excluding hydrogens is 210 g/mol. The minimum atomic E-state index is 0.781. The van der Waals surface area contributed by atoms with Crippen molar-refractivity contribution in [3.63, 3.8) is 0 Å². The molecule has 0 fully saturated rings. The van der Waals surface area contributed by atoms with Crippen LogP contribution in [0.2, 0.25) is 0 Å². The summed E-state index contributed by atoms with van der Waals surface area (Å²) < 4.78 is 0. The Morgan fingerprint density at radius 1 is 1.06 bits per heavy atom. The van der Waals surface area contributed by atoms with Crippen molar-refractivity contribution in [3.05, 3.63) is 42.6 Å². The third kappa shape index (κ3) is 2.97. The van der Waals surface area contributed by atoms with E-state index in [-0.39, 0.29) is 0 Å². The maximum Gasteiger partial charge on any atom is 0.125 e. The molecule has 17 heavy (non-hydrogen) atoms. The maximum atomic E-state index is 5.66. The van der Waals surface area contributed by atoms with Gasteiger partial charge in [0.05, 0.1) is 0 Å². The van der Waals surface area contributed by atoms with E-state index in [2.05, 4.69) is 23.3 Å². The van der Waals surface area contributed by atoms with E-state index in [9.17, 15) is 0 Å². The topological polar surface area (TPSA) is 50.9 Å². The lowest BCUT2D eigenvalue weighted by Gasteiger charge is -2.05. The molecule has 0 atom stereocenters. The molecule has 0 aliphatic carbocycles. The summed E-state index contributed by atoms with van der Waals surface area (Å²) in [5.41, 5.74) is 8.68. The lowest BCUT2D eigenvalue weighted by atomic mass is 10.1. The first kappa shape index (κ1) is 11.5. The summed E-state index contributed by atoms with van der Waals surface area (Å²) in [6.45, 7) is 3.09. The Morgan fingerprint density at radius 2 is 1.76 bits per heavy atom. The van der Waals surface area contributed by atoms with Crippen LogP contribution in [0, 0.1) is 0 Å². The molecule has 1 aromatic carbocycles. The van der Waals surface area contributed by atoms with Crippen LogP contribution in [-0.4, -0.2) is 11.5 Å². The molecule has 0 saturated heterocycles. The Morgan fingerprint density at radius 3 is 2.35 bits per heavy atom. The largest absolute Gasteiger partial charge is 0.399 e. The fourth-order valence-corrected chi connectivity index (χ4v) is 1.60. The lowest BCUT2D eigenvalue weighted by molar-refractivity contribution is 0.969. The van der Waals surface area contributed by atoms with Crippen molar-refractivity contribution in [2.75, 3.05) is 17.6 Å². The van der Waals surface area contributed by atoms with Gasteiger partial charge in [-0.05, 0) is 36.2 Å². The summed E-state index contributed by atoms with van der Waals surface area (Å²) in [5.74, 6) is 0.922. The molecule has 3 nitrogen and oxygen atoms in total. The molecule has 3 N–H and O–H groups in total. The molecule has 2 rings (SSSR count). The molecule has 3 heteroatoms. The number of pyridine rings is 1. The number of rotatable bonds is 4. The Kier molecular flexibility index (Phi) is 3.60. The Labute approximate surface area is 102 Å². The van der Waals surface area contributed by atoms with Crippen LogP contribution in [0.5, 0.6) is 0 Å². The van der Waals surface area contributed by atoms with E-state index in [1.54, 1.807) is 0 Å². The van der Waals surface area contributed by atoms with Crippen molar-refractivity contribution in [3.8, 4) is 11.1 Å². The molecule has 0 radical (unpaired) electrons. The Hall–Kier alpha value is -2.03. The van der Waals surface area contributed by atoms with Crippen LogP contribution in [0.3, 0.4) is 0 Å². The summed E-state index contributed by atoms with van der Waals surface area (Å²) in [4.78, 5) is 4.37. The minimum Gasteiger partial charge on any atom is -0.399 e. The molecule has 1 aromatic heterocycles. The van der Waals surface area contributed by atoms with Gasteiger partial charge >= 0.3 is 0 Å². The molecule has 0 aliphatic rings. The van der Waals surface area contributed by atoms with Crippen LogP contribution in [0.25, 0.3) is 11.1 Å². The quantitative estimate of drug-likeness (QED) is 0.789. The first-order valence-corrected chi connectivity index (χ1v) is 5.85. The van der Waals surface area contributed by atoms with Gasteiger partial charge in [0.2, 0.25) is 0 Å². The molecule has 0 amide bonds. The summed E-state index contributed by atoms with van der Waals surface area (Å²) in [7, 11) is 0. The van der Waals surface area contributed by atoms with Gasteiger partial charge in [-0.3, -0.25) is 0 Å². The third-order valence-corrected chi connectivity index (χ3v) is 2.56. The SMILES string of the molecule is CCCNc1ccc(-c2ccc(N)cc2)cn1. The second-order valence-corrected chi connectivity index (χ2v) is 3.98. The molecule has 0 aliphatic heterocycles. The number of nitrogen functional groups attached to an aromatic ring is 1. The molecule has 88 valence electrons. The predicted molar refractivity (Wildman–Crippen MR) is 72.9 cm³/mol. The number of nitrogens with two attached hydrogens (primary N) is 1. The molecule has 2 aromatic rings. The number of aromatic nitrogens is 1. The monoisotopic (exact) mass is 227 g/mol. The van der Waals surface area contributed by atoms with Gasteiger partial charge in [-0.25, -0.2) is 4.98 Å². The minimum absolute atomic E-state index is 0.781. The van der Waals surface area contributed by atoms with Crippen LogP contribution in [0.1, 0.15) is 13.3 Å². The average molecular weight is 227 g/mol. The van der Waals surface area contributed by atoms with Crippen LogP contribution in [0.15, 0.2) is 42.6 Å². The fraction of sp³-hybridized carbons (Fsp3) is 0.214. The predicted octanol–water partition coefficient (Wildman–Crippen LogP) is 3.15.